The number of rotatable bonds is 26. The normalized spacial score (nSPS) is 14.2. The van der Waals surface area contributed by atoms with Crippen molar-refractivity contribution in [3.63, 3.8) is 0 Å². The van der Waals surface area contributed by atoms with Crippen molar-refractivity contribution in [3.8, 4) is 5.75 Å². The second-order valence-electron chi connectivity index (χ2n) is 13.3. The van der Waals surface area contributed by atoms with E-state index in [-0.39, 0.29) is 30.9 Å². The number of aliphatic carboxylic acids is 2. The minimum absolute atomic E-state index is 0.0637. The summed E-state index contributed by atoms with van der Waals surface area (Å²) in [7, 11) is 0. The Balaban J connectivity index is 3.40. The molecular formula is C34H53N9O12. The summed E-state index contributed by atoms with van der Waals surface area (Å²) in [6, 6.07) is -3.76. The Hall–Kier alpha value is -5.83. The fraction of sp³-hybridized carbons (Fsp3) is 0.559. The summed E-state index contributed by atoms with van der Waals surface area (Å²) in [5, 5.41) is 39.8. The van der Waals surface area contributed by atoms with Gasteiger partial charge in [0.15, 0.2) is 0 Å². The van der Waals surface area contributed by atoms with Gasteiger partial charge in [-0.05, 0) is 62.3 Å². The third-order valence-electron chi connectivity index (χ3n) is 8.00. The molecule has 0 radical (unpaired) electrons. The van der Waals surface area contributed by atoms with E-state index in [0.717, 1.165) is 0 Å². The average molecular weight is 780 g/mol. The molecule has 21 heteroatoms. The minimum atomic E-state index is -1.91. The number of benzene rings is 1. The number of aromatic hydroxyl groups is 1. The third kappa shape index (κ3) is 18.7. The van der Waals surface area contributed by atoms with Gasteiger partial charge in [-0.3, -0.25) is 38.4 Å². The van der Waals surface area contributed by atoms with Crippen molar-refractivity contribution in [2.24, 2.45) is 28.9 Å². The highest BCUT2D eigenvalue weighted by Gasteiger charge is 2.34. The number of hydrogen-bond donors (Lipinski definition) is 12. The quantitative estimate of drug-likeness (QED) is 0.0407. The molecule has 0 heterocycles. The van der Waals surface area contributed by atoms with Gasteiger partial charge in [0.25, 0.3) is 0 Å². The summed E-state index contributed by atoms with van der Waals surface area (Å²) in [5.74, 6) is -10.1. The number of unbranched alkanes of at least 4 members (excludes halogenated alkanes) is 1. The number of nitrogens with one attached hydrogen (secondary N) is 5. The molecule has 6 atom stereocenters. The molecule has 306 valence electrons. The van der Waals surface area contributed by atoms with Crippen molar-refractivity contribution in [1.82, 2.24) is 26.6 Å². The van der Waals surface area contributed by atoms with Crippen LogP contribution in [0, 0.1) is 5.92 Å². The Labute approximate surface area is 317 Å². The van der Waals surface area contributed by atoms with Crippen molar-refractivity contribution in [2.45, 2.75) is 108 Å². The number of primary amides is 2. The number of phenolic OH excluding ortho intramolecular Hbond substituents is 1. The molecule has 0 aromatic heterocycles. The third-order valence-corrected chi connectivity index (χ3v) is 8.00. The van der Waals surface area contributed by atoms with Gasteiger partial charge >= 0.3 is 11.9 Å². The van der Waals surface area contributed by atoms with Crippen molar-refractivity contribution in [3.05, 3.63) is 29.8 Å². The highest BCUT2D eigenvalue weighted by molar-refractivity contribution is 5.98. The van der Waals surface area contributed by atoms with Gasteiger partial charge < -0.3 is 64.8 Å². The molecule has 0 fully saturated rings. The molecule has 0 aliphatic rings. The molecular weight excluding hydrogens is 726 g/mol. The van der Waals surface area contributed by atoms with Crippen molar-refractivity contribution in [2.75, 3.05) is 6.54 Å². The Morgan fingerprint density at radius 1 is 0.636 bits per heavy atom. The molecule has 0 bridgehead atoms. The van der Waals surface area contributed by atoms with E-state index in [0.29, 0.717) is 31.4 Å². The van der Waals surface area contributed by atoms with Gasteiger partial charge in [-0.1, -0.05) is 26.0 Å². The Morgan fingerprint density at radius 3 is 1.64 bits per heavy atom. The molecule has 1 aromatic carbocycles. The molecule has 0 aliphatic heterocycles. The monoisotopic (exact) mass is 779 g/mol. The van der Waals surface area contributed by atoms with Crippen LogP contribution in [-0.2, 0) is 49.6 Å². The van der Waals surface area contributed by atoms with Crippen LogP contribution in [0.4, 0.5) is 0 Å². The minimum Gasteiger partial charge on any atom is -0.508 e. The molecule has 16 N–H and O–H groups in total. The lowest BCUT2D eigenvalue weighted by molar-refractivity contribution is -0.147. The summed E-state index contributed by atoms with van der Waals surface area (Å²) in [4.78, 5) is 113. The van der Waals surface area contributed by atoms with Crippen LogP contribution in [0.1, 0.15) is 70.8 Å². The van der Waals surface area contributed by atoms with Crippen LogP contribution in [0.15, 0.2) is 24.3 Å². The lowest BCUT2D eigenvalue weighted by Crippen LogP contribution is -2.60. The lowest BCUT2D eigenvalue weighted by atomic mass is 10.0. The summed E-state index contributed by atoms with van der Waals surface area (Å²) < 4.78 is 0. The van der Waals surface area contributed by atoms with E-state index in [4.69, 9.17) is 28.0 Å². The highest BCUT2D eigenvalue weighted by atomic mass is 16.4. The van der Waals surface area contributed by atoms with E-state index in [1.165, 1.54) is 24.3 Å². The second-order valence-corrected chi connectivity index (χ2v) is 13.3. The van der Waals surface area contributed by atoms with Gasteiger partial charge in [-0.15, -0.1) is 0 Å². The van der Waals surface area contributed by atoms with Crippen molar-refractivity contribution >= 4 is 53.3 Å². The molecule has 0 aliphatic carbocycles. The van der Waals surface area contributed by atoms with E-state index >= 15 is 0 Å². The largest absolute Gasteiger partial charge is 0.508 e. The molecule has 55 heavy (non-hydrogen) atoms. The number of nitrogens with two attached hydrogens (primary N) is 4. The summed E-state index contributed by atoms with van der Waals surface area (Å²) in [6.45, 7) is 4.00. The predicted octanol–water partition coefficient (Wildman–Crippen LogP) is -3.44. The zero-order chi connectivity index (χ0) is 41.8. The van der Waals surface area contributed by atoms with Crippen LogP contribution in [-0.4, -0.2) is 111 Å². The molecule has 21 nitrogen and oxygen atoms in total. The average Bonchev–Trinajstić information content (AvgIpc) is 3.08. The van der Waals surface area contributed by atoms with Gasteiger partial charge in [0, 0.05) is 12.8 Å². The number of hydrogen-bond acceptors (Lipinski definition) is 12. The van der Waals surface area contributed by atoms with Crippen molar-refractivity contribution < 1.29 is 58.5 Å². The molecule has 0 saturated carbocycles. The number of phenols is 1. The van der Waals surface area contributed by atoms with E-state index in [1.807, 2.05) is 19.2 Å². The first-order chi connectivity index (χ1) is 25.7. The molecule has 0 spiro atoms. The summed E-state index contributed by atoms with van der Waals surface area (Å²) in [6.07, 6.45) is -1.71. The van der Waals surface area contributed by atoms with Gasteiger partial charge in [0.05, 0.1) is 18.9 Å². The molecule has 1 rings (SSSR count). The van der Waals surface area contributed by atoms with Crippen LogP contribution in [0.5, 0.6) is 5.75 Å². The SMILES string of the molecule is CC(C)C[C@H](N)C(=O)N[C@@H](CCCCN)C(=O)N[C@@H](CCC(N)=O)C(=O)N[C@@H](CC(N)=O)C(=O)N[C@@H](Cc1ccc(O)cc1)C(=O)N[C@@H](CC(=O)O)C(=O)O. The summed E-state index contributed by atoms with van der Waals surface area (Å²) >= 11 is 0. The predicted molar refractivity (Wildman–Crippen MR) is 194 cm³/mol. The second kappa shape index (κ2) is 23.8. The van der Waals surface area contributed by atoms with Crippen molar-refractivity contribution in [1.29, 1.82) is 0 Å². The van der Waals surface area contributed by atoms with E-state index < -0.39 is 109 Å². The highest BCUT2D eigenvalue weighted by Crippen LogP contribution is 2.13. The van der Waals surface area contributed by atoms with Gasteiger partial charge in [0.1, 0.15) is 36.0 Å². The number of carboxylic acids is 2. The maximum atomic E-state index is 13.6. The standard InChI is InChI=1S/C34H53N9O12/c1-17(2)13-20(36)29(49)39-21(5-3-4-12-35)30(50)40-22(10-11-26(37)45)31(51)42-24(15-27(38)46)33(53)41-23(14-18-6-8-19(44)9-7-18)32(52)43-25(34(54)55)16-28(47)48/h6-9,17,20-25,44H,3-5,10-16,35-36H2,1-2H3,(H2,37,45)(H2,38,46)(H,39,49)(H,40,50)(H,41,53)(H,42,51)(H,43,52)(H,47,48)(H,54,55)/t20-,21-,22-,23-,24-,25-/m0/s1. The fourth-order valence-electron chi connectivity index (χ4n) is 5.16. The first-order valence-corrected chi connectivity index (χ1v) is 17.5. The Bertz CT molecular complexity index is 1520. The number of carbonyl (C=O) groups excluding carboxylic acids is 7. The Kier molecular flexibility index (Phi) is 20.4. The van der Waals surface area contributed by atoms with Crippen LogP contribution in [0.3, 0.4) is 0 Å². The number of carbonyl (C=O) groups is 9. The lowest BCUT2D eigenvalue weighted by Gasteiger charge is -2.27. The van der Waals surface area contributed by atoms with E-state index in [9.17, 15) is 53.4 Å². The number of amides is 7. The van der Waals surface area contributed by atoms with Gasteiger partial charge in [-0.25, -0.2) is 4.79 Å². The zero-order valence-corrected chi connectivity index (χ0v) is 30.7. The molecule has 7 amide bonds. The van der Waals surface area contributed by atoms with Gasteiger partial charge in [0.2, 0.25) is 41.4 Å². The molecule has 0 saturated heterocycles. The van der Waals surface area contributed by atoms with Crippen LogP contribution in [0.2, 0.25) is 0 Å². The first-order valence-electron chi connectivity index (χ1n) is 17.5. The van der Waals surface area contributed by atoms with Crippen LogP contribution in [0.25, 0.3) is 0 Å². The number of carboxylic acid groups (broad SMARTS) is 2. The molecule has 1 aromatic rings. The topological polar surface area (TPSA) is 379 Å². The maximum Gasteiger partial charge on any atom is 0.326 e. The van der Waals surface area contributed by atoms with Crippen LogP contribution >= 0.6 is 0 Å². The first kappa shape index (κ1) is 47.2. The van der Waals surface area contributed by atoms with Gasteiger partial charge in [-0.2, -0.15) is 0 Å². The van der Waals surface area contributed by atoms with E-state index in [2.05, 4.69) is 21.3 Å². The zero-order valence-electron chi connectivity index (χ0n) is 30.7. The smallest absolute Gasteiger partial charge is 0.326 e. The van der Waals surface area contributed by atoms with Crippen LogP contribution < -0.4 is 49.5 Å². The Morgan fingerprint density at radius 2 is 1.13 bits per heavy atom. The fourth-order valence-corrected chi connectivity index (χ4v) is 5.16. The molecule has 0 unspecified atom stereocenters. The van der Waals surface area contributed by atoms with E-state index in [1.54, 1.807) is 0 Å². The maximum absolute atomic E-state index is 13.6. The summed E-state index contributed by atoms with van der Waals surface area (Å²) in [5.41, 5.74) is 22.6.